The van der Waals surface area contributed by atoms with Crippen molar-refractivity contribution in [3.05, 3.63) is 64.4 Å². The van der Waals surface area contributed by atoms with Gasteiger partial charge in [0.1, 0.15) is 0 Å². The summed E-state index contributed by atoms with van der Waals surface area (Å²) in [5, 5.41) is 0. The molecule has 2 rings (SSSR count). The fraction of sp³-hybridized carbons (Fsp3) is 0.133. The molecule has 0 aliphatic heterocycles. The van der Waals surface area contributed by atoms with E-state index < -0.39 is 11.9 Å². The quantitative estimate of drug-likeness (QED) is 0.787. The number of ether oxygens (including phenoxy) is 1. The van der Waals surface area contributed by atoms with Crippen molar-refractivity contribution < 1.29 is 13.9 Å². The van der Waals surface area contributed by atoms with Gasteiger partial charge in [-0.15, -0.1) is 0 Å². The number of ketones is 1. The summed E-state index contributed by atoms with van der Waals surface area (Å²) in [6.07, 6.45) is -0.744. The van der Waals surface area contributed by atoms with E-state index in [0.29, 0.717) is 10.0 Å². The Labute approximate surface area is 119 Å². The Morgan fingerprint density at radius 1 is 1.21 bits per heavy atom. The van der Waals surface area contributed by atoms with Gasteiger partial charge in [-0.25, -0.2) is 4.39 Å². The highest BCUT2D eigenvalue weighted by atomic mass is 79.9. The third kappa shape index (κ3) is 3.41. The first-order valence-corrected chi connectivity index (χ1v) is 6.58. The predicted octanol–water partition coefficient (Wildman–Crippen LogP) is 4.24. The van der Waals surface area contributed by atoms with Crippen LogP contribution in [0.1, 0.15) is 17.3 Å². The van der Waals surface area contributed by atoms with Crippen LogP contribution in [0.5, 0.6) is 5.75 Å². The highest BCUT2D eigenvalue weighted by Crippen LogP contribution is 2.23. The molecule has 0 radical (unpaired) electrons. The summed E-state index contributed by atoms with van der Waals surface area (Å²) in [7, 11) is 0. The van der Waals surface area contributed by atoms with Crippen LogP contribution < -0.4 is 4.74 Å². The van der Waals surface area contributed by atoms with E-state index in [-0.39, 0.29) is 11.5 Å². The lowest BCUT2D eigenvalue weighted by molar-refractivity contribution is 0.0812. The van der Waals surface area contributed by atoms with Crippen LogP contribution in [-0.4, -0.2) is 11.9 Å². The maximum atomic E-state index is 13.5. The fourth-order valence-electron chi connectivity index (χ4n) is 1.65. The van der Waals surface area contributed by atoms with E-state index in [4.69, 9.17) is 4.74 Å². The van der Waals surface area contributed by atoms with Gasteiger partial charge in [0.2, 0.25) is 5.78 Å². The minimum atomic E-state index is -0.744. The zero-order chi connectivity index (χ0) is 13.8. The molecule has 0 fully saturated rings. The van der Waals surface area contributed by atoms with Crippen LogP contribution in [0.15, 0.2) is 53.0 Å². The lowest BCUT2D eigenvalue weighted by atomic mass is 10.1. The summed E-state index contributed by atoms with van der Waals surface area (Å²) in [6.45, 7) is 1.61. The van der Waals surface area contributed by atoms with Crippen molar-refractivity contribution in [3.8, 4) is 5.75 Å². The van der Waals surface area contributed by atoms with Crippen molar-refractivity contribution in [2.45, 2.75) is 13.0 Å². The number of carbonyl (C=O) groups is 1. The summed E-state index contributed by atoms with van der Waals surface area (Å²) in [6, 6.07) is 13.2. The molecule has 2 aromatic rings. The summed E-state index contributed by atoms with van der Waals surface area (Å²) in [4.78, 5) is 12.1. The molecule has 0 saturated heterocycles. The molecule has 0 aromatic heterocycles. The second kappa shape index (κ2) is 5.97. The lowest BCUT2D eigenvalue weighted by Crippen LogP contribution is -2.24. The average Bonchev–Trinajstić information content (AvgIpc) is 2.43. The van der Waals surface area contributed by atoms with E-state index in [9.17, 15) is 9.18 Å². The number of carbonyl (C=O) groups excluding carboxylic acids is 1. The van der Waals surface area contributed by atoms with Gasteiger partial charge < -0.3 is 4.74 Å². The molecule has 0 aliphatic rings. The second-order valence-electron chi connectivity index (χ2n) is 4.07. The van der Waals surface area contributed by atoms with E-state index in [1.54, 1.807) is 37.3 Å². The molecule has 0 aliphatic carbocycles. The van der Waals surface area contributed by atoms with E-state index in [2.05, 4.69) is 15.9 Å². The van der Waals surface area contributed by atoms with Crippen molar-refractivity contribution in [2.24, 2.45) is 0 Å². The van der Waals surface area contributed by atoms with Crippen LogP contribution in [0, 0.1) is 5.82 Å². The molecule has 19 heavy (non-hydrogen) atoms. The van der Waals surface area contributed by atoms with E-state index in [1.807, 2.05) is 6.07 Å². The van der Waals surface area contributed by atoms with Crippen molar-refractivity contribution >= 4 is 21.7 Å². The van der Waals surface area contributed by atoms with Gasteiger partial charge in [0.05, 0.1) is 0 Å². The summed E-state index contributed by atoms with van der Waals surface area (Å²) in [5.41, 5.74) is 0.547. The van der Waals surface area contributed by atoms with Gasteiger partial charge in [0.15, 0.2) is 17.7 Å². The minimum Gasteiger partial charge on any atom is -0.479 e. The number of hydrogen-bond donors (Lipinski definition) is 0. The summed E-state index contributed by atoms with van der Waals surface area (Å²) < 4.78 is 19.6. The normalized spacial score (nSPS) is 11.9. The van der Waals surface area contributed by atoms with Crippen molar-refractivity contribution in [2.75, 3.05) is 0 Å². The zero-order valence-electron chi connectivity index (χ0n) is 10.3. The maximum Gasteiger partial charge on any atom is 0.202 e. The van der Waals surface area contributed by atoms with Crippen LogP contribution in [0.25, 0.3) is 0 Å². The minimum absolute atomic E-state index is 0.0613. The Hall–Kier alpha value is -1.68. The molecule has 0 bridgehead atoms. The Morgan fingerprint density at radius 3 is 2.58 bits per heavy atom. The van der Waals surface area contributed by atoms with E-state index in [0.717, 1.165) is 0 Å². The average molecular weight is 323 g/mol. The first kappa shape index (κ1) is 13.7. The molecular formula is C15H12BrFO2. The molecule has 98 valence electrons. The lowest BCUT2D eigenvalue weighted by Gasteiger charge is -2.14. The SMILES string of the molecule is CC(Oc1cc(Br)ccc1F)C(=O)c1ccccc1. The standard InChI is InChI=1S/C15H12BrFO2/c1-10(15(18)11-5-3-2-4-6-11)19-14-9-12(16)7-8-13(14)17/h2-10H,1H3. The topological polar surface area (TPSA) is 26.3 Å². The molecule has 0 spiro atoms. The molecule has 0 saturated carbocycles. The molecule has 0 heterocycles. The van der Waals surface area contributed by atoms with Crippen LogP contribution in [0.2, 0.25) is 0 Å². The van der Waals surface area contributed by atoms with E-state index >= 15 is 0 Å². The van der Waals surface area contributed by atoms with Crippen LogP contribution >= 0.6 is 15.9 Å². The van der Waals surface area contributed by atoms with Gasteiger partial charge >= 0.3 is 0 Å². The number of benzene rings is 2. The van der Waals surface area contributed by atoms with Crippen LogP contribution in [0.4, 0.5) is 4.39 Å². The third-order valence-electron chi connectivity index (χ3n) is 2.62. The van der Waals surface area contributed by atoms with Gasteiger partial charge in [0, 0.05) is 10.0 Å². The first-order valence-electron chi connectivity index (χ1n) is 5.79. The molecule has 1 unspecified atom stereocenters. The van der Waals surface area contributed by atoms with Crippen LogP contribution in [-0.2, 0) is 0 Å². The van der Waals surface area contributed by atoms with Crippen LogP contribution in [0.3, 0.4) is 0 Å². The third-order valence-corrected chi connectivity index (χ3v) is 3.12. The summed E-state index contributed by atoms with van der Waals surface area (Å²) >= 11 is 3.24. The first-order chi connectivity index (χ1) is 9.08. The largest absolute Gasteiger partial charge is 0.479 e. The number of hydrogen-bond acceptors (Lipinski definition) is 2. The highest BCUT2D eigenvalue weighted by Gasteiger charge is 2.18. The van der Waals surface area contributed by atoms with Crippen molar-refractivity contribution in [1.29, 1.82) is 0 Å². The van der Waals surface area contributed by atoms with Crippen molar-refractivity contribution in [3.63, 3.8) is 0 Å². The Kier molecular flexibility index (Phi) is 4.32. The molecule has 1 atom stereocenters. The second-order valence-corrected chi connectivity index (χ2v) is 4.98. The van der Waals surface area contributed by atoms with Gasteiger partial charge in [-0.3, -0.25) is 4.79 Å². The van der Waals surface area contributed by atoms with Gasteiger partial charge in [-0.2, -0.15) is 0 Å². The summed E-state index contributed by atoms with van der Waals surface area (Å²) in [5.74, 6) is -0.609. The number of Topliss-reactive ketones (excluding diaryl/α,β-unsaturated/α-hetero) is 1. The number of rotatable bonds is 4. The highest BCUT2D eigenvalue weighted by molar-refractivity contribution is 9.10. The fourth-order valence-corrected chi connectivity index (χ4v) is 1.99. The molecule has 2 aromatic carbocycles. The maximum absolute atomic E-state index is 13.5. The molecule has 4 heteroatoms. The van der Waals surface area contributed by atoms with Gasteiger partial charge in [-0.1, -0.05) is 46.3 Å². The Balaban J connectivity index is 2.15. The van der Waals surface area contributed by atoms with Gasteiger partial charge in [0.25, 0.3) is 0 Å². The van der Waals surface area contributed by atoms with E-state index in [1.165, 1.54) is 12.1 Å². The smallest absolute Gasteiger partial charge is 0.202 e. The molecule has 2 nitrogen and oxygen atoms in total. The van der Waals surface area contributed by atoms with Crippen molar-refractivity contribution in [1.82, 2.24) is 0 Å². The number of halogens is 2. The zero-order valence-corrected chi connectivity index (χ0v) is 11.9. The monoisotopic (exact) mass is 322 g/mol. The van der Waals surface area contributed by atoms with Gasteiger partial charge in [-0.05, 0) is 25.1 Å². The predicted molar refractivity (Wildman–Crippen MR) is 75.0 cm³/mol. The molecule has 0 amide bonds. The Morgan fingerprint density at radius 2 is 1.89 bits per heavy atom. The molecule has 0 N–H and O–H groups in total. The molecular weight excluding hydrogens is 311 g/mol. The Bertz CT molecular complexity index is 584.